The van der Waals surface area contributed by atoms with E-state index in [4.69, 9.17) is 0 Å². The van der Waals surface area contributed by atoms with Crippen LogP contribution >= 0.6 is 15.9 Å². The molecule has 92 valence electrons. The first-order chi connectivity index (χ1) is 8.74. The largest absolute Gasteiger partial charge is 0.0883 e. The summed E-state index contributed by atoms with van der Waals surface area (Å²) < 4.78 is 0. The highest BCUT2D eigenvalue weighted by atomic mass is 79.9. The normalized spacial score (nSPS) is 10.2. The van der Waals surface area contributed by atoms with Crippen molar-refractivity contribution in [3.8, 4) is 0 Å². The average Bonchev–Trinajstić information content (AvgIpc) is 2.38. The predicted molar refractivity (Wildman–Crippen MR) is 83.2 cm³/mol. The second-order valence-electron chi connectivity index (χ2n) is 4.40. The van der Waals surface area contributed by atoms with Crippen LogP contribution in [0.1, 0.15) is 22.3 Å². The van der Waals surface area contributed by atoms with Crippen LogP contribution in [0.25, 0.3) is 5.57 Å². The molecule has 0 aliphatic carbocycles. The Balaban J connectivity index is 2.59. The number of allylic oxidation sites excluding steroid dienone is 1. The summed E-state index contributed by atoms with van der Waals surface area (Å²) in [5.74, 6) is 0. The number of benzene rings is 2. The lowest BCUT2D eigenvalue weighted by Crippen LogP contribution is -1.94. The van der Waals surface area contributed by atoms with Crippen molar-refractivity contribution in [2.45, 2.75) is 13.8 Å². The second-order valence-corrected chi connectivity index (χ2v) is 5.05. The maximum Gasteiger partial charge on any atom is 0.0221 e. The molecular formula is C17H17Br. The molecule has 0 aromatic heterocycles. The molecule has 0 aliphatic rings. The maximum absolute atomic E-state index is 3.52. The lowest BCUT2D eigenvalue weighted by atomic mass is 9.92. The van der Waals surface area contributed by atoms with Crippen molar-refractivity contribution in [3.05, 3.63) is 76.9 Å². The minimum Gasteiger partial charge on any atom is -0.0883 e. The Labute approximate surface area is 117 Å². The summed E-state index contributed by atoms with van der Waals surface area (Å²) in [5.41, 5.74) is 6.56. The molecule has 0 nitrogen and oxygen atoms in total. The lowest BCUT2D eigenvalue weighted by molar-refractivity contribution is 1.37. The van der Waals surface area contributed by atoms with Gasteiger partial charge in [-0.2, -0.15) is 0 Å². The van der Waals surface area contributed by atoms with E-state index in [0.717, 1.165) is 5.33 Å². The minimum atomic E-state index is 0.866. The molecular weight excluding hydrogens is 284 g/mol. The van der Waals surface area contributed by atoms with Gasteiger partial charge in [0.25, 0.3) is 0 Å². The topological polar surface area (TPSA) is 0 Å². The zero-order valence-electron chi connectivity index (χ0n) is 10.8. The molecule has 0 atom stereocenters. The molecule has 0 N–H and O–H groups in total. The molecule has 0 saturated carbocycles. The Bertz CT molecular complexity index is 520. The molecule has 2 aromatic carbocycles. The van der Waals surface area contributed by atoms with Crippen LogP contribution in [-0.2, 0) is 0 Å². The van der Waals surface area contributed by atoms with Crippen molar-refractivity contribution in [1.82, 2.24) is 0 Å². The van der Waals surface area contributed by atoms with Gasteiger partial charge < -0.3 is 0 Å². The summed E-state index contributed by atoms with van der Waals surface area (Å²) in [5, 5.41) is 0.866. The van der Waals surface area contributed by atoms with Gasteiger partial charge in [0.2, 0.25) is 0 Å². The Kier molecular flexibility index (Phi) is 4.38. The van der Waals surface area contributed by atoms with E-state index < -0.39 is 0 Å². The third kappa shape index (κ3) is 2.73. The Morgan fingerprint density at radius 3 is 1.72 bits per heavy atom. The molecule has 2 aromatic rings. The summed E-state index contributed by atoms with van der Waals surface area (Å²) >= 11 is 3.52. The molecule has 0 fully saturated rings. The molecule has 18 heavy (non-hydrogen) atoms. The summed E-state index contributed by atoms with van der Waals surface area (Å²) in [7, 11) is 0. The highest BCUT2D eigenvalue weighted by Gasteiger charge is 2.08. The van der Waals surface area contributed by atoms with Crippen molar-refractivity contribution < 1.29 is 0 Å². The predicted octanol–water partition coefficient (Wildman–Crippen LogP) is 5.13. The Morgan fingerprint density at radius 1 is 0.889 bits per heavy atom. The molecule has 0 saturated heterocycles. The number of aryl methyl sites for hydroxylation is 2. The smallest absolute Gasteiger partial charge is 0.0221 e. The van der Waals surface area contributed by atoms with Crippen molar-refractivity contribution in [2.24, 2.45) is 0 Å². The van der Waals surface area contributed by atoms with Crippen LogP contribution in [0.2, 0.25) is 0 Å². The van der Waals surface area contributed by atoms with Gasteiger partial charge in [-0.1, -0.05) is 70.5 Å². The highest BCUT2D eigenvalue weighted by Crippen LogP contribution is 2.28. The molecule has 1 heteroatoms. The number of hydrogen-bond acceptors (Lipinski definition) is 0. The van der Waals surface area contributed by atoms with Gasteiger partial charge in [0, 0.05) is 5.33 Å². The minimum absolute atomic E-state index is 0.866. The SMILES string of the molecule is Cc1ccccc1C(=CCBr)c1ccccc1C. The number of halogens is 1. The standard InChI is InChI=1S/C17H17Br/c1-13-7-3-5-9-15(13)17(11-12-18)16-10-6-4-8-14(16)2/h3-11H,12H2,1-2H3. The molecule has 0 aliphatic heterocycles. The molecule has 0 spiro atoms. The monoisotopic (exact) mass is 300 g/mol. The van der Waals surface area contributed by atoms with Crippen molar-refractivity contribution >= 4 is 21.5 Å². The van der Waals surface area contributed by atoms with Gasteiger partial charge in [-0.3, -0.25) is 0 Å². The van der Waals surface area contributed by atoms with Gasteiger partial charge in [0.15, 0.2) is 0 Å². The first-order valence-electron chi connectivity index (χ1n) is 6.12. The van der Waals surface area contributed by atoms with Crippen molar-refractivity contribution in [1.29, 1.82) is 0 Å². The molecule has 0 radical (unpaired) electrons. The summed E-state index contributed by atoms with van der Waals surface area (Å²) in [6.07, 6.45) is 2.24. The van der Waals surface area contributed by atoms with Gasteiger partial charge in [-0.05, 0) is 41.7 Å². The van der Waals surface area contributed by atoms with E-state index in [1.165, 1.54) is 27.8 Å². The molecule has 2 rings (SSSR count). The van der Waals surface area contributed by atoms with Crippen LogP contribution in [0.3, 0.4) is 0 Å². The zero-order chi connectivity index (χ0) is 13.0. The first kappa shape index (κ1) is 13.1. The molecule has 0 bridgehead atoms. The fourth-order valence-electron chi connectivity index (χ4n) is 2.19. The van der Waals surface area contributed by atoms with Gasteiger partial charge in [0.05, 0.1) is 0 Å². The van der Waals surface area contributed by atoms with Crippen molar-refractivity contribution in [3.63, 3.8) is 0 Å². The van der Waals surface area contributed by atoms with Crippen LogP contribution < -0.4 is 0 Å². The van der Waals surface area contributed by atoms with Crippen LogP contribution in [-0.4, -0.2) is 5.33 Å². The van der Waals surface area contributed by atoms with Crippen LogP contribution in [0.5, 0.6) is 0 Å². The zero-order valence-corrected chi connectivity index (χ0v) is 12.4. The van der Waals surface area contributed by atoms with Crippen LogP contribution in [0.15, 0.2) is 54.6 Å². The van der Waals surface area contributed by atoms with E-state index in [1.807, 2.05) is 0 Å². The fraction of sp³-hybridized carbons (Fsp3) is 0.176. The first-order valence-corrected chi connectivity index (χ1v) is 7.24. The second kappa shape index (κ2) is 6.01. The van der Waals surface area contributed by atoms with E-state index in [0.29, 0.717) is 0 Å². The summed E-state index contributed by atoms with van der Waals surface area (Å²) in [6, 6.07) is 17.1. The van der Waals surface area contributed by atoms with Gasteiger partial charge >= 0.3 is 0 Å². The van der Waals surface area contributed by atoms with Crippen LogP contribution in [0.4, 0.5) is 0 Å². The third-order valence-electron chi connectivity index (χ3n) is 3.15. The van der Waals surface area contributed by atoms with Gasteiger partial charge in [-0.15, -0.1) is 0 Å². The van der Waals surface area contributed by atoms with E-state index >= 15 is 0 Å². The van der Waals surface area contributed by atoms with E-state index in [9.17, 15) is 0 Å². The molecule has 0 heterocycles. The quantitative estimate of drug-likeness (QED) is 0.689. The lowest BCUT2D eigenvalue weighted by Gasteiger charge is -2.13. The van der Waals surface area contributed by atoms with Crippen molar-refractivity contribution in [2.75, 3.05) is 5.33 Å². The highest BCUT2D eigenvalue weighted by molar-refractivity contribution is 9.09. The Morgan fingerprint density at radius 2 is 1.33 bits per heavy atom. The molecule has 0 unspecified atom stereocenters. The van der Waals surface area contributed by atoms with Gasteiger partial charge in [0.1, 0.15) is 0 Å². The Hall–Kier alpha value is -1.34. The van der Waals surface area contributed by atoms with Crippen LogP contribution in [0, 0.1) is 13.8 Å². The number of alkyl halides is 1. The summed E-state index contributed by atoms with van der Waals surface area (Å²) in [6.45, 7) is 4.32. The summed E-state index contributed by atoms with van der Waals surface area (Å²) in [4.78, 5) is 0. The van der Waals surface area contributed by atoms with E-state index in [1.54, 1.807) is 0 Å². The van der Waals surface area contributed by atoms with Gasteiger partial charge in [-0.25, -0.2) is 0 Å². The molecule has 0 amide bonds. The average molecular weight is 301 g/mol. The maximum atomic E-state index is 3.52. The van der Waals surface area contributed by atoms with E-state index in [2.05, 4.69) is 84.4 Å². The third-order valence-corrected chi connectivity index (χ3v) is 3.48. The van der Waals surface area contributed by atoms with E-state index in [-0.39, 0.29) is 0 Å². The fourth-order valence-corrected chi connectivity index (χ4v) is 2.52. The number of rotatable bonds is 3. The number of hydrogen-bond donors (Lipinski definition) is 0.